The first-order valence-corrected chi connectivity index (χ1v) is 5.89. The van der Waals surface area contributed by atoms with Crippen molar-refractivity contribution >= 4 is 11.9 Å². The van der Waals surface area contributed by atoms with Gasteiger partial charge in [-0.25, -0.2) is 4.79 Å². The zero-order valence-corrected chi connectivity index (χ0v) is 9.98. The van der Waals surface area contributed by atoms with E-state index in [9.17, 15) is 14.7 Å². The summed E-state index contributed by atoms with van der Waals surface area (Å²) in [4.78, 5) is 22.9. The fraction of sp³-hybridized carbons (Fsp3) is 0.385. The van der Waals surface area contributed by atoms with Crippen LogP contribution in [0.4, 0.5) is 0 Å². The van der Waals surface area contributed by atoms with Gasteiger partial charge in [-0.2, -0.15) is 0 Å². The van der Waals surface area contributed by atoms with Crippen molar-refractivity contribution in [3.8, 4) is 0 Å². The number of hydrogen-bond donors (Lipinski definition) is 3. The van der Waals surface area contributed by atoms with E-state index in [-0.39, 0.29) is 6.54 Å². The van der Waals surface area contributed by atoms with Crippen LogP contribution >= 0.6 is 0 Å². The van der Waals surface area contributed by atoms with Gasteiger partial charge in [-0.15, -0.1) is 0 Å². The molecule has 1 aromatic rings. The number of carboxylic acid groups (broad SMARTS) is 1. The Hall–Kier alpha value is -1.88. The summed E-state index contributed by atoms with van der Waals surface area (Å²) in [5.41, 5.74) is 6.15. The average Bonchev–Trinajstić information content (AvgIpc) is 2.38. The van der Waals surface area contributed by atoms with E-state index in [1.807, 2.05) is 24.3 Å². The minimum Gasteiger partial charge on any atom is -0.479 e. The average molecular weight is 248 g/mol. The third-order valence-electron chi connectivity index (χ3n) is 3.41. The Bertz CT molecular complexity index is 487. The van der Waals surface area contributed by atoms with Gasteiger partial charge in [0.15, 0.2) is 0 Å². The molecule has 1 aliphatic rings. The maximum atomic E-state index is 11.5. The van der Waals surface area contributed by atoms with Crippen LogP contribution < -0.4 is 11.1 Å². The highest BCUT2D eigenvalue weighted by atomic mass is 16.4. The highest BCUT2D eigenvalue weighted by Gasteiger charge is 2.42. The third kappa shape index (κ3) is 2.22. The number of carbonyl (C=O) groups is 2. The van der Waals surface area contributed by atoms with Crippen molar-refractivity contribution in [1.82, 2.24) is 5.32 Å². The van der Waals surface area contributed by atoms with Crippen LogP contribution in [-0.4, -0.2) is 29.1 Å². The fourth-order valence-electron chi connectivity index (χ4n) is 2.40. The molecule has 1 atom stereocenters. The molecule has 1 unspecified atom stereocenters. The second-order valence-corrected chi connectivity index (χ2v) is 4.59. The summed E-state index contributed by atoms with van der Waals surface area (Å²) in [6.45, 7) is -0.198. The van der Waals surface area contributed by atoms with Crippen LogP contribution in [0.25, 0.3) is 0 Å². The van der Waals surface area contributed by atoms with Gasteiger partial charge in [0.05, 0.1) is 6.54 Å². The Morgan fingerprint density at radius 3 is 2.61 bits per heavy atom. The van der Waals surface area contributed by atoms with Crippen molar-refractivity contribution in [2.45, 2.75) is 24.8 Å². The van der Waals surface area contributed by atoms with Crippen molar-refractivity contribution in [3.63, 3.8) is 0 Å². The van der Waals surface area contributed by atoms with Gasteiger partial charge in [0.2, 0.25) is 5.91 Å². The molecule has 0 aliphatic heterocycles. The van der Waals surface area contributed by atoms with Crippen LogP contribution in [0, 0.1) is 0 Å². The van der Waals surface area contributed by atoms with Gasteiger partial charge in [-0.1, -0.05) is 24.3 Å². The lowest BCUT2D eigenvalue weighted by atomic mass is 9.78. The zero-order chi connectivity index (χ0) is 13.2. The van der Waals surface area contributed by atoms with E-state index in [1.54, 1.807) is 0 Å². The molecule has 4 N–H and O–H groups in total. The zero-order valence-electron chi connectivity index (χ0n) is 9.98. The van der Waals surface area contributed by atoms with E-state index in [2.05, 4.69) is 5.32 Å². The first kappa shape index (κ1) is 12.6. The Kier molecular flexibility index (Phi) is 3.34. The van der Waals surface area contributed by atoms with E-state index in [0.717, 1.165) is 11.1 Å². The molecule has 1 amide bonds. The summed E-state index contributed by atoms with van der Waals surface area (Å²) >= 11 is 0. The lowest BCUT2D eigenvalue weighted by molar-refractivity contribution is -0.148. The Morgan fingerprint density at radius 2 is 2.00 bits per heavy atom. The van der Waals surface area contributed by atoms with Crippen LogP contribution in [0.15, 0.2) is 24.3 Å². The summed E-state index contributed by atoms with van der Waals surface area (Å²) in [6.07, 6.45) is 1.35. The quantitative estimate of drug-likeness (QED) is 0.706. The highest BCUT2D eigenvalue weighted by Crippen LogP contribution is 2.29. The molecule has 0 fully saturated rings. The number of aryl methyl sites for hydroxylation is 1. The molecule has 18 heavy (non-hydrogen) atoms. The maximum absolute atomic E-state index is 11.5. The molecular formula is C13H16N2O3. The molecule has 1 aliphatic carbocycles. The highest BCUT2D eigenvalue weighted by molar-refractivity contribution is 5.88. The normalized spacial score (nSPS) is 22.1. The molecule has 2 rings (SSSR count). The molecule has 0 saturated carbocycles. The van der Waals surface area contributed by atoms with Crippen LogP contribution in [0.5, 0.6) is 0 Å². The first-order chi connectivity index (χ1) is 8.57. The lowest BCUT2D eigenvalue weighted by Crippen LogP contribution is -2.58. The number of benzene rings is 1. The molecule has 5 heteroatoms. The van der Waals surface area contributed by atoms with Crippen LogP contribution in [0.1, 0.15) is 17.5 Å². The van der Waals surface area contributed by atoms with Crippen molar-refractivity contribution < 1.29 is 14.7 Å². The lowest BCUT2D eigenvalue weighted by Gasteiger charge is -2.35. The number of amides is 1. The number of nitrogens with one attached hydrogen (secondary N) is 1. The van der Waals surface area contributed by atoms with Crippen molar-refractivity contribution in [1.29, 1.82) is 0 Å². The number of hydrogen-bond acceptors (Lipinski definition) is 3. The smallest absolute Gasteiger partial charge is 0.329 e. The molecule has 5 nitrogen and oxygen atoms in total. The molecule has 96 valence electrons. The van der Waals surface area contributed by atoms with E-state index in [4.69, 9.17) is 5.73 Å². The number of carbonyl (C=O) groups excluding carboxylic acids is 1. The number of fused-ring (bicyclic) bond motifs is 1. The predicted octanol–water partition coefficient (Wildman–Crippen LogP) is 0.0736. The summed E-state index contributed by atoms with van der Waals surface area (Å²) in [7, 11) is 0. The molecule has 0 bridgehead atoms. The summed E-state index contributed by atoms with van der Waals surface area (Å²) in [5.74, 6) is -1.43. The summed E-state index contributed by atoms with van der Waals surface area (Å²) in [6, 6.07) is 7.71. The van der Waals surface area contributed by atoms with Gasteiger partial charge in [-0.3, -0.25) is 4.79 Å². The van der Waals surface area contributed by atoms with E-state index < -0.39 is 17.4 Å². The van der Waals surface area contributed by atoms with E-state index in [1.165, 1.54) is 0 Å². The number of carboxylic acids is 1. The second-order valence-electron chi connectivity index (χ2n) is 4.59. The number of nitrogens with two attached hydrogens (primary N) is 1. The minimum atomic E-state index is -1.22. The molecule has 1 aromatic carbocycles. The van der Waals surface area contributed by atoms with Gasteiger partial charge < -0.3 is 16.2 Å². The second kappa shape index (κ2) is 4.78. The predicted molar refractivity (Wildman–Crippen MR) is 66.0 cm³/mol. The van der Waals surface area contributed by atoms with Crippen molar-refractivity contribution in [2.24, 2.45) is 5.73 Å². The van der Waals surface area contributed by atoms with Gasteiger partial charge in [0.1, 0.15) is 5.54 Å². The van der Waals surface area contributed by atoms with Crippen LogP contribution in [-0.2, 0) is 22.4 Å². The van der Waals surface area contributed by atoms with Crippen LogP contribution in [0.2, 0.25) is 0 Å². The van der Waals surface area contributed by atoms with Gasteiger partial charge in [0, 0.05) is 6.42 Å². The maximum Gasteiger partial charge on any atom is 0.329 e. The standard InChI is InChI=1S/C13H16N2O3/c14-8-11(16)15-13(12(17)18)6-5-9-3-1-2-4-10(9)7-13/h1-4H,5-8,14H2,(H,15,16)(H,17,18). The van der Waals surface area contributed by atoms with Crippen molar-refractivity contribution in [3.05, 3.63) is 35.4 Å². The van der Waals surface area contributed by atoms with E-state index in [0.29, 0.717) is 19.3 Å². The SMILES string of the molecule is NCC(=O)NC1(C(=O)O)CCc2ccccc2C1. The Morgan fingerprint density at radius 1 is 1.33 bits per heavy atom. The molecule has 0 aromatic heterocycles. The fourth-order valence-corrected chi connectivity index (χ4v) is 2.40. The van der Waals surface area contributed by atoms with Gasteiger partial charge in [0.25, 0.3) is 0 Å². The van der Waals surface area contributed by atoms with Crippen LogP contribution in [0.3, 0.4) is 0 Å². The van der Waals surface area contributed by atoms with E-state index >= 15 is 0 Å². The number of aliphatic carboxylic acids is 1. The molecule has 0 spiro atoms. The summed E-state index contributed by atoms with van der Waals surface area (Å²) in [5, 5.41) is 12.0. The topological polar surface area (TPSA) is 92.4 Å². The minimum absolute atomic E-state index is 0.198. The number of rotatable bonds is 3. The molecule has 0 heterocycles. The summed E-state index contributed by atoms with van der Waals surface area (Å²) < 4.78 is 0. The Balaban J connectivity index is 2.30. The van der Waals surface area contributed by atoms with Gasteiger partial charge in [-0.05, 0) is 24.0 Å². The largest absolute Gasteiger partial charge is 0.479 e. The Labute approximate surface area is 105 Å². The van der Waals surface area contributed by atoms with Crippen molar-refractivity contribution in [2.75, 3.05) is 6.54 Å². The molecule has 0 radical (unpaired) electrons. The monoisotopic (exact) mass is 248 g/mol. The molecular weight excluding hydrogens is 232 g/mol. The third-order valence-corrected chi connectivity index (χ3v) is 3.41. The van der Waals surface area contributed by atoms with Gasteiger partial charge >= 0.3 is 5.97 Å². The first-order valence-electron chi connectivity index (χ1n) is 5.89. The molecule has 0 saturated heterocycles.